The van der Waals surface area contributed by atoms with Crippen LogP contribution in [0.25, 0.3) is 0 Å². The highest BCUT2D eigenvalue weighted by Gasteiger charge is 2.23. The molecule has 1 fully saturated rings. The number of carbonyl (C=O) groups is 1. The lowest BCUT2D eigenvalue weighted by Crippen LogP contribution is -2.39. The predicted molar refractivity (Wildman–Crippen MR) is 100 cm³/mol. The van der Waals surface area contributed by atoms with Crippen molar-refractivity contribution in [3.05, 3.63) is 51.7 Å². The van der Waals surface area contributed by atoms with Gasteiger partial charge in [-0.05, 0) is 49.3 Å². The van der Waals surface area contributed by atoms with E-state index in [1.165, 1.54) is 4.88 Å². The van der Waals surface area contributed by atoms with Crippen molar-refractivity contribution >= 4 is 17.2 Å². The van der Waals surface area contributed by atoms with Crippen molar-refractivity contribution in [2.24, 2.45) is 0 Å². The molecule has 0 bridgehead atoms. The summed E-state index contributed by atoms with van der Waals surface area (Å²) in [5, 5.41) is 2.04. The van der Waals surface area contributed by atoms with Crippen LogP contribution in [0, 0.1) is 13.8 Å². The third-order valence-electron chi connectivity index (χ3n) is 4.48. The Kier molecular flexibility index (Phi) is 6.10. The van der Waals surface area contributed by atoms with Crippen molar-refractivity contribution in [3.8, 4) is 5.75 Å². The van der Waals surface area contributed by atoms with Crippen LogP contribution in [0.15, 0.2) is 35.7 Å². The maximum absolute atomic E-state index is 12.8. The fourth-order valence-corrected chi connectivity index (χ4v) is 3.85. The van der Waals surface area contributed by atoms with Gasteiger partial charge in [0.2, 0.25) is 0 Å². The number of thiophene rings is 1. The predicted octanol–water partition coefficient (Wildman–Crippen LogP) is 3.95. The van der Waals surface area contributed by atoms with E-state index in [1.807, 2.05) is 48.4 Å². The zero-order valence-corrected chi connectivity index (χ0v) is 15.7. The fraction of sp³-hybridized carbons (Fsp3) is 0.450. The van der Waals surface area contributed by atoms with E-state index in [9.17, 15) is 4.79 Å². The van der Waals surface area contributed by atoms with Crippen molar-refractivity contribution in [1.82, 2.24) is 4.90 Å². The second-order valence-electron chi connectivity index (χ2n) is 6.50. The Labute approximate surface area is 153 Å². The molecule has 1 aliphatic rings. The first kappa shape index (κ1) is 18.0. The number of benzene rings is 1. The van der Waals surface area contributed by atoms with Gasteiger partial charge in [0.25, 0.3) is 5.91 Å². The van der Waals surface area contributed by atoms with Gasteiger partial charge in [-0.1, -0.05) is 24.3 Å². The number of hydrogen-bond donors (Lipinski definition) is 0. The van der Waals surface area contributed by atoms with E-state index >= 15 is 0 Å². The molecule has 1 aromatic heterocycles. The van der Waals surface area contributed by atoms with Gasteiger partial charge in [-0.2, -0.15) is 0 Å². The van der Waals surface area contributed by atoms with Gasteiger partial charge in [0.05, 0.1) is 12.6 Å². The van der Waals surface area contributed by atoms with E-state index in [0.29, 0.717) is 13.1 Å². The standard InChI is InChI=1S/C20H25NO3S/c1-15-6-3-7-16(2)20(15)24-14-19(22)21(12-17-8-4-10-23-17)13-18-9-5-11-25-18/h3,5-7,9,11,17H,4,8,10,12-14H2,1-2H3. The fourth-order valence-electron chi connectivity index (χ4n) is 3.13. The molecule has 5 heteroatoms. The van der Waals surface area contributed by atoms with E-state index < -0.39 is 0 Å². The monoisotopic (exact) mass is 359 g/mol. The Morgan fingerprint density at radius 3 is 2.72 bits per heavy atom. The summed E-state index contributed by atoms with van der Waals surface area (Å²) in [4.78, 5) is 15.9. The molecular formula is C20H25NO3S. The first-order chi connectivity index (χ1) is 12.1. The minimum atomic E-state index is 0.00607. The number of ether oxygens (including phenoxy) is 2. The minimum Gasteiger partial charge on any atom is -0.483 e. The lowest BCUT2D eigenvalue weighted by molar-refractivity contribution is -0.135. The molecule has 3 rings (SSSR count). The van der Waals surface area contributed by atoms with Crippen LogP contribution in [-0.4, -0.2) is 36.7 Å². The SMILES string of the molecule is Cc1cccc(C)c1OCC(=O)N(Cc1cccs1)CC1CCCO1. The summed E-state index contributed by atoms with van der Waals surface area (Å²) < 4.78 is 11.6. The lowest BCUT2D eigenvalue weighted by atomic mass is 10.1. The second kappa shape index (κ2) is 8.50. The van der Waals surface area contributed by atoms with E-state index in [-0.39, 0.29) is 18.6 Å². The Bertz CT molecular complexity index is 673. The summed E-state index contributed by atoms with van der Waals surface area (Å²) in [6.07, 6.45) is 2.24. The first-order valence-electron chi connectivity index (χ1n) is 8.74. The summed E-state index contributed by atoms with van der Waals surface area (Å²) in [5.41, 5.74) is 2.11. The normalized spacial score (nSPS) is 16.8. The van der Waals surface area contributed by atoms with E-state index in [4.69, 9.17) is 9.47 Å². The van der Waals surface area contributed by atoms with Gasteiger partial charge in [-0.15, -0.1) is 11.3 Å². The van der Waals surface area contributed by atoms with E-state index in [2.05, 4.69) is 6.07 Å². The number of amides is 1. The highest BCUT2D eigenvalue weighted by molar-refractivity contribution is 7.09. The summed E-state index contributed by atoms with van der Waals surface area (Å²) in [6.45, 7) is 6.11. The minimum absolute atomic E-state index is 0.00607. The van der Waals surface area contributed by atoms with Gasteiger partial charge in [-0.3, -0.25) is 4.79 Å². The van der Waals surface area contributed by atoms with Gasteiger partial charge in [0.1, 0.15) is 5.75 Å². The highest BCUT2D eigenvalue weighted by atomic mass is 32.1. The molecule has 1 unspecified atom stereocenters. The largest absolute Gasteiger partial charge is 0.483 e. The Morgan fingerprint density at radius 1 is 1.28 bits per heavy atom. The summed E-state index contributed by atoms with van der Waals surface area (Å²) in [7, 11) is 0. The van der Waals surface area contributed by atoms with Crippen LogP contribution in [0.4, 0.5) is 0 Å². The Balaban J connectivity index is 1.65. The third kappa shape index (κ3) is 4.83. The molecular weight excluding hydrogens is 334 g/mol. The van der Waals surface area contributed by atoms with Crippen LogP contribution in [0.1, 0.15) is 28.8 Å². The van der Waals surface area contributed by atoms with Crippen LogP contribution in [0.3, 0.4) is 0 Å². The molecule has 1 aliphatic heterocycles. The third-order valence-corrected chi connectivity index (χ3v) is 5.34. The number of nitrogens with zero attached hydrogens (tertiary/aromatic N) is 1. The number of carbonyl (C=O) groups excluding carboxylic acids is 1. The van der Waals surface area contributed by atoms with Crippen molar-refractivity contribution in [2.75, 3.05) is 19.8 Å². The van der Waals surface area contributed by atoms with Crippen LogP contribution in [0.5, 0.6) is 5.75 Å². The molecule has 4 nitrogen and oxygen atoms in total. The molecule has 1 atom stereocenters. The summed E-state index contributed by atoms with van der Waals surface area (Å²) in [5.74, 6) is 0.815. The topological polar surface area (TPSA) is 38.8 Å². The summed E-state index contributed by atoms with van der Waals surface area (Å²) >= 11 is 1.67. The molecule has 0 spiro atoms. The zero-order chi connectivity index (χ0) is 17.6. The molecule has 1 saturated heterocycles. The maximum Gasteiger partial charge on any atom is 0.260 e. The molecule has 1 amide bonds. The van der Waals surface area contributed by atoms with Crippen molar-refractivity contribution in [3.63, 3.8) is 0 Å². The van der Waals surface area contributed by atoms with Crippen molar-refractivity contribution in [1.29, 1.82) is 0 Å². The molecule has 134 valence electrons. The average molecular weight is 359 g/mol. The molecule has 25 heavy (non-hydrogen) atoms. The maximum atomic E-state index is 12.8. The summed E-state index contributed by atoms with van der Waals surface area (Å²) in [6, 6.07) is 10.1. The van der Waals surface area contributed by atoms with Gasteiger partial charge >= 0.3 is 0 Å². The van der Waals surface area contributed by atoms with Gasteiger partial charge < -0.3 is 14.4 Å². The van der Waals surface area contributed by atoms with Gasteiger partial charge in [-0.25, -0.2) is 0 Å². The lowest BCUT2D eigenvalue weighted by Gasteiger charge is -2.25. The number of hydrogen-bond acceptors (Lipinski definition) is 4. The molecule has 0 saturated carbocycles. The Morgan fingerprint density at radius 2 is 2.08 bits per heavy atom. The van der Waals surface area contributed by atoms with Crippen LogP contribution in [0.2, 0.25) is 0 Å². The quantitative estimate of drug-likeness (QED) is 0.751. The first-order valence-corrected chi connectivity index (χ1v) is 9.62. The molecule has 0 N–H and O–H groups in total. The molecule has 0 radical (unpaired) electrons. The van der Waals surface area contributed by atoms with E-state index in [1.54, 1.807) is 11.3 Å². The highest BCUT2D eigenvalue weighted by Crippen LogP contribution is 2.23. The van der Waals surface area contributed by atoms with Crippen LogP contribution >= 0.6 is 11.3 Å². The average Bonchev–Trinajstić information content (AvgIpc) is 3.27. The number of rotatable bonds is 7. The smallest absolute Gasteiger partial charge is 0.260 e. The molecule has 1 aromatic carbocycles. The Hall–Kier alpha value is -1.85. The molecule has 2 aromatic rings. The van der Waals surface area contributed by atoms with E-state index in [0.717, 1.165) is 36.3 Å². The second-order valence-corrected chi connectivity index (χ2v) is 7.53. The molecule has 2 heterocycles. The molecule has 0 aliphatic carbocycles. The van der Waals surface area contributed by atoms with Gasteiger partial charge in [0, 0.05) is 18.0 Å². The number of aryl methyl sites for hydroxylation is 2. The van der Waals surface area contributed by atoms with Crippen LogP contribution in [-0.2, 0) is 16.1 Å². The van der Waals surface area contributed by atoms with Crippen LogP contribution < -0.4 is 4.74 Å². The van der Waals surface area contributed by atoms with Crippen molar-refractivity contribution in [2.45, 2.75) is 39.3 Å². The number of para-hydroxylation sites is 1. The van der Waals surface area contributed by atoms with Crippen molar-refractivity contribution < 1.29 is 14.3 Å². The van der Waals surface area contributed by atoms with Gasteiger partial charge in [0.15, 0.2) is 6.61 Å². The zero-order valence-electron chi connectivity index (χ0n) is 14.9.